The van der Waals surface area contributed by atoms with Crippen molar-refractivity contribution in [2.45, 2.75) is 47.1 Å². The molecule has 1 nitrogen and oxygen atoms in total. The Labute approximate surface area is 78.5 Å². The van der Waals surface area contributed by atoms with E-state index in [1.807, 2.05) is 0 Å². The summed E-state index contributed by atoms with van der Waals surface area (Å²) in [5.41, 5.74) is 0.529. The first-order chi connectivity index (χ1) is 4.71. The number of nitrogens with zero attached hydrogens (tertiary/aromatic N) is 1. The molecule has 0 aromatic carbocycles. The summed E-state index contributed by atoms with van der Waals surface area (Å²) in [6, 6.07) is 0. The molecule has 0 atom stereocenters. The van der Waals surface area contributed by atoms with Crippen LogP contribution in [0.1, 0.15) is 41.5 Å². The summed E-state index contributed by atoms with van der Waals surface area (Å²) in [5.74, 6) is 0. The molecule has 0 aromatic heterocycles. The Morgan fingerprint density at radius 2 is 1.45 bits per heavy atom. The van der Waals surface area contributed by atoms with Gasteiger partial charge in [-0.15, -0.1) is 0 Å². The van der Waals surface area contributed by atoms with Crippen molar-refractivity contribution in [1.29, 1.82) is 0 Å². The van der Waals surface area contributed by atoms with E-state index in [4.69, 9.17) is 0 Å². The Kier molecular flexibility index (Phi) is 3.97. The molecule has 0 heterocycles. The van der Waals surface area contributed by atoms with E-state index in [2.05, 4.69) is 49.4 Å². The summed E-state index contributed by atoms with van der Waals surface area (Å²) < 4.78 is 6.99. The van der Waals surface area contributed by atoms with Gasteiger partial charge in [0.05, 0.1) is 0 Å². The normalized spacial score (nSPS) is 12.2. The molecular weight excluding hydrogens is 218 g/mol. The predicted octanol–water partition coefficient (Wildman–Crippen LogP) is 2.90. The van der Waals surface area contributed by atoms with Gasteiger partial charge in [-0.1, -0.05) is 0 Å². The maximum absolute atomic E-state index is 4.62. The molecule has 0 rings (SSSR count). The van der Waals surface area contributed by atoms with Crippen LogP contribution in [0.4, 0.5) is 0 Å². The third-order valence-electron chi connectivity index (χ3n) is 0.733. The summed E-state index contributed by atoms with van der Waals surface area (Å²) in [5, 5.41) is 0. The molecular formula is C9H19MoN+2. The average Bonchev–Trinajstić information content (AvgIpc) is 1.55. The number of rotatable bonds is 0. The fourth-order valence-corrected chi connectivity index (χ4v) is 2.03. The first-order valence-electron chi connectivity index (χ1n) is 3.93. The molecule has 0 aromatic rings. The van der Waals surface area contributed by atoms with Gasteiger partial charge in [0.1, 0.15) is 0 Å². The molecule has 0 radical (unpaired) electrons. The summed E-state index contributed by atoms with van der Waals surface area (Å²) in [6.07, 6.45) is 0. The van der Waals surface area contributed by atoms with Crippen LogP contribution < -0.4 is 0 Å². The molecule has 0 aliphatic carbocycles. The predicted molar refractivity (Wildman–Crippen MR) is 47.7 cm³/mol. The first-order valence-corrected chi connectivity index (χ1v) is 5.99. The van der Waals surface area contributed by atoms with Crippen molar-refractivity contribution in [2.75, 3.05) is 0 Å². The van der Waals surface area contributed by atoms with Crippen LogP contribution in [0.2, 0.25) is 0 Å². The average molecular weight is 237 g/mol. The van der Waals surface area contributed by atoms with Crippen LogP contribution in [0, 0.1) is 5.41 Å². The van der Waals surface area contributed by atoms with Gasteiger partial charge in [-0.3, -0.25) is 0 Å². The molecule has 0 fully saturated rings. The van der Waals surface area contributed by atoms with Gasteiger partial charge in [-0.25, -0.2) is 0 Å². The first kappa shape index (κ1) is 11.4. The van der Waals surface area contributed by atoms with Crippen molar-refractivity contribution in [3.05, 3.63) is 0 Å². The van der Waals surface area contributed by atoms with Crippen LogP contribution in [-0.4, -0.2) is 9.94 Å². The van der Waals surface area contributed by atoms with Crippen molar-refractivity contribution in [2.24, 2.45) is 8.91 Å². The van der Waals surface area contributed by atoms with E-state index in [-0.39, 0.29) is 23.5 Å². The van der Waals surface area contributed by atoms with E-state index in [1.54, 1.807) is 0 Å². The molecule has 0 N–H and O–H groups in total. The van der Waals surface area contributed by atoms with Gasteiger partial charge in [0.2, 0.25) is 0 Å². The standard InChI is InChI=1S/C5H10.C4H9N.Mo/c1-5(2,3)4;1-4(2,3)5;/h1H,2-4H3;1-3H3;/q;;+2. The van der Waals surface area contributed by atoms with Gasteiger partial charge >= 0.3 is 78.3 Å². The quantitative estimate of drug-likeness (QED) is 0.574. The third kappa shape index (κ3) is 10.4. The number of hydrogen-bond donors (Lipinski definition) is 0. The van der Waals surface area contributed by atoms with Crippen LogP contribution in [0.3, 0.4) is 0 Å². The molecule has 0 aliphatic heterocycles. The van der Waals surface area contributed by atoms with E-state index in [9.17, 15) is 0 Å². The molecule has 0 spiro atoms. The van der Waals surface area contributed by atoms with Gasteiger partial charge in [0.25, 0.3) is 0 Å². The minimum absolute atomic E-state index is 0.171. The van der Waals surface area contributed by atoms with Crippen LogP contribution in [0.25, 0.3) is 0 Å². The van der Waals surface area contributed by atoms with Crippen LogP contribution in [-0.2, 0) is 17.9 Å². The van der Waals surface area contributed by atoms with Gasteiger partial charge in [0, 0.05) is 0 Å². The molecule has 0 bridgehead atoms. The Hall–Kier alpha value is 0.358. The van der Waals surface area contributed by atoms with Crippen molar-refractivity contribution < 1.29 is 17.9 Å². The Morgan fingerprint density at radius 3 is 1.73 bits per heavy atom. The zero-order chi connectivity index (χ0) is 9.12. The summed E-state index contributed by atoms with van der Waals surface area (Å²) in [7, 11) is 0. The minimum atomic E-state index is -0.222. The topological polar surface area (TPSA) is 12.4 Å². The zero-order valence-corrected chi connectivity index (χ0v) is 10.4. The molecule has 0 amide bonds. The van der Waals surface area contributed by atoms with E-state index < -0.39 is 0 Å². The van der Waals surface area contributed by atoms with Crippen molar-refractivity contribution in [1.82, 2.24) is 0 Å². The van der Waals surface area contributed by atoms with Gasteiger partial charge in [-0.2, -0.15) is 0 Å². The van der Waals surface area contributed by atoms with Gasteiger partial charge in [-0.05, 0) is 0 Å². The third-order valence-corrected chi connectivity index (χ3v) is 4.34. The zero-order valence-electron chi connectivity index (χ0n) is 8.43. The van der Waals surface area contributed by atoms with E-state index in [1.165, 1.54) is 0 Å². The Morgan fingerprint density at radius 1 is 1.00 bits per heavy atom. The van der Waals surface area contributed by atoms with Crippen molar-refractivity contribution in [3.8, 4) is 0 Å². The fourth-order valence-electron chi connectivity index (χ4n) is 0.343. The molecule has 0 saturated carbocycles. The molecule has 0 unspecified atom stereocenters. The summed E-state index contributed by atoms with van der Waals surface area (Å²) in [6.45, 7) is 13.2. The second-order valence-electron chi connectivity index (χ2n) is 4.85. The second kappa shape index (κ2) is 3.85. The Bertz CT molecular complexity index is 157. The van der Waals surface area contributed by atoms with Gasteiger partial charge in [0.15, 0.2) is 0 Å². The van der Waals surface area contributed by atoms with Crippen LogP contribution in [0.15, 0.2) is 3.50 Å². The van der Waals surface area contributed by atoms with Crippen molar-refractivity contribution >= 4 is 4.40 Å². The van der Waals surface area contributed by atoms with Crippen LogP contribution >= 0.6 is 0 Å². The number of hydrogen-bond acceptors (Lipinski definition) is 1. The molecule has 0 saturated heterocycles. The van der Waals surface area contributed by atoms with E-state index >= 15 is 0 Å². The fraction of sp³-hybridized carbons (Fsp3) is 0.889. The monoisotopic (exact) mass is 239 g/mol. The SMILES string of the molecule is CC(C)(C)[CH]=[Mo+2]=[N]C(C)(C)C. The Balaban J connectivity index is 4.25. The molecule has 11 heavy (non-hydrogen) atoms. The van der Waals surface area contributed by atoms with Gasteiger partial charge < -0.3 is 0 Å². The maximum atomic E-state index is 4.62. The summed E-state index contributed by atoms with van der Waals surface area (Å²) in [4.78, 5) is 0. The molecule has 64 valence electrons. The van der Waals surface area contributed by atoms with E-state index in [0.29, 0.717) is 5.41 Å². The van der Waals surface area contributed by atoms with Crippen molar-refractivity contribution in [3.63, 3.8) is 0 Å². The van der Waals surface area contributed by atoms with E-state index in [0.717, 1.165) is 0 Å². The second-order valence-corrected chi connectivity index (χ2v) is 6.40. The van der Waals surface area contributed by atoms with Crippen LogP contribution in [0.5, 0.6) is 0 Å². The summed E-state index contributed by atoms with van der Waals surface area (Å²) >= 11 is -0.222. The molecule has 2 heteroatoms. The molecule has 0 aliphatic rings.